The quantitative estimate of drug-likeness (QED) is 0.595. The third-order valence-corrected chi connectivity index (χ3v) is 2.26. The van der Waals surface area contributed by atoms with E-state index in [2.05, 4.69) is 12.2 Å². The Morgan fingerprint density at radius 2 is 2.09 bits per heavy atom. The molecule has 2 amide bonds. The predicted molar refractivity (Wildman–Crippen MR) is 42.3 cm³/mol. The normalized spacial score (nSPS) is 24.6. The number of hydrogen-bond acceptors (Lipinski definition) is 1. The molecule has 0 aromatic carbocycles. The van der Waals surface area contributed by atoms with Crippen LogP contribution in [0.5, 0.6) is 0 Å². The van der Waals surface area contributed by atoms with E-state index in [0.717, 1.165) is 13.1 Å². The van der Waals surface area contributed by atoms with Crippen molar-refractivity contribution in [1.29, 1.82) is 0 Å². The summed E-state index contributed by atoms with van der Waals surface area (Å²) in [4.78, 5) is 13.1. The van der Waals surface area contributed by atoms with E-state index in [1.54, 1.807) is 0 Å². The number of hydrogen-bond donors (Lipinski definition) is 1. The SMILES string of the molecule is CC1CN(C(=O)NC2CC2)C1. The first-order valence-electron chi connectivity index (χ1n) is 4.31. The number of carbonyl (C=O) groups excluding carboxylic acids is 1. The lowest BCUT2D eigenvalue weighted by Gasteiger charge is -2.37. The lowest BCUT2D eigenvalue weighted by molar-refractivity contribution is 0.129. The van der Waals surface area contributed by atoms with Crippen LogP contribution in [0.25, 0.3) is 0 Å². The molecule has 62 valence electrons. The van der Waals surface area contributed by atoms with Crippen molar-refractivity contribution in [3.63, 3.8) is 0 Å². The van der Waals surface area contributed by atoms with E-state index in [0.29, 0.717) is 12.0 Å². The Balaban J connectivity index is 1.72. The van der Waals surface area contributed by atoms with Gasteiger partial charge < -0.3 is 10.2 Å². The second-order valence-electron chi connectivity index (χ2n) is 3.73. The molecule has 1 saturated carbocycles. The van der Waals surface area contributed by atoms with Crippen LogP contribution >= 0.6 is 0 Å². The largest absolute Gasteiger partial charge is 0.335 e. The molecule has 0 spiro atoms. The molecule has 1 N–H and O–H groups in total. The molecule has 1 heterocycles. The highest BCUT2D eigenvalue weighted by atomic mass is 16.2. The summed E-state index contributed by atoms with van der Waals surface area (Å²) in [5.74, 6) is 0.708. The summed E-state index contributed by atoms with van der Waals surface area (Å²) in [6.45, 7) is 4.05. The van der Waals surface area contributed by atoms with Gasteiger partial charge in [0, 0.05) is 19.1 Å². The number of carbonyl (C=O) groups is 1. The molecule has 2 aliphatic rings. The van der Waals surface area contributed by atoms with Crippen molar-refractivity contribution >= 4 is 6.03 Å². The molecule has 0 bridgehead atoms. The maximum atomic E-state index is 11.2. The third kappa shape index (κ3) is 1.47. The van der Waals surface area contributed by atoms with E-state index in [9.17, 15) is 4.79 Å². The summed E-state index contributed by atoms with van der Waals surface area (Å²) >= 11 is 0. The lowest BCUT2D eigenvalue weighted by atomic mass is 10.0. The van der Waals surface area contributed by atoms with E-state index in [-0.39, 0.29) is 6.03 Å². The van der Waals surface area contributed by atoms with Gasteiger partial charge in [-0.15, -0.1) is 0 Å². The van der Waals surface area contributed by atoms with Crippen LogP contribution in [0.4, 0.5) is 4.79 Å². The summed E-state index contributed by atoms with van der Waals surface area (Å²) in [5.41, 5.74) is 0. The molecular formula is C8H14N2O. The van der Waals surface area contributed by atoms with Gasteiger partial charge in [0.2, 0.25) is 0 Å². The standard InChI is InChI=1S/C8H14N2O/c1-6-4-10(5-6)8(11)9-7-2-3-7/h6-7H,2-5H2,1H3,(H,9,11). The van der Waals surface area contributed by atoms with E-state index in [1.165, 1.54) is 12.8 Å². The van der Waals surface area contributed by atoms with Gasteiger partial charge in [-0.25, -0.2) is 4.79 Å². The minimum absolute atomic E-state index is 0.144. The molecule has 0 aromatic rings. The van der Waals surface area contributed by atoms with Gasteiger partial charge in [-0.05, 0) is 18.8 Å². The van der Waals surface area contributed by atoms with E-state index >= 15 is 0 Å². The first-order valence-corrected chi connectivity index (χ1v) is 4.31. The highest BCUT2D eigenvalue weighted by Crippen LogP contribution is 2.20. The minimum atomic E-state index is 0.144. The molecule has 2 rings (SSSR count). The smallest absolute Gasteiger partial charge is 0.317 e. The van der Waals surface area contributed by atoms with Crippen molar-refractivity contribution < 1.29 is 4.79 Å². The maximum Gasteiger partial charge on any atom is 0.317 e. The van der Waals surface area contributed by atoms with Gasteiger partial charge in [-0.2, -0.15) is 0 Å². The predicted octanol–water partition coefficient (Wildman–Crippen LogP) is 0.810. The average Bonchev–Trinajstić information content (AvgIpc) is 2.64. The monoisotopic (exact) mass is 154 g/mol. The zero-order chi connectivity index (χ0) is 7.84. The molecule has 0 atom stereocenters. The van der Waals surface area contributed by atoms with Crippen LogP contribution < -0.4 is 5.32 Å². The van der Waals surface area contributed by atoms with Gasteiger partial charge >= 0.3 is 6.03 Å². The minimum Gasteiger partial charge on any atom is -0.335 e. The highest BCUT2D eigenvalue weighted by Gasteiger charge is 2.31. The molecule has 1 aliphatic carbocycles. The first kappa shape index (κ1) is 6.95. The van der Waals surface area contributed by atoms with Gasteiger partial charge in [-0.1, -0.05) is 6.92 Å². The Hall–Kier alpha value is -0.730. The van der Waals surface area contributed by atoms with Gasteiger partial charge in [-0.3, -0.25) is 0 Å². The van der Waals surface area contributed by atoms with Gasteiger partial charge in [0.05, 0.1) is 0 Å². The number of rotatable bonds is 1. The molecule has 1 saturated heterocycles. The summed E-state index contributed by atoms with van der Waals surface area (Å²) in [5, 5.41) is 2.96. The zero-order valence-corrected chi connectivity index (χ0v) is 6.84. The second kappa shape index (κ2) is 2.40. The van der Waals surface area contributed by atoms with Gasteiger partial charge in [0.15, 0.2) is 0 Å². The first-order chi connectivity index (χ1) is 5.25. The van der Waals surface area contributed by atoms with Crippen molar-refractivity contribution in [3.8, 4) is 0 Å². The Morgan fingerprint density at radius 1 is 1.45 bits per heavy atom. The summed E-state index contributed by atoms with van der Waals surface area (Å²) < 4.78 is 0. The van der Waals surface area contributed by atoms with Crippen LogP contribution in [0.2, 0.25) is 0 Å². The molecule has 2 fully saturated rings. The Labute approximate surface area is 66.8 Å². The van der Waals surface area contributed by atoms with Gasteiger partial charge in [0.1, 0.15) is 0 Å². The third-order valence-electron chi connectivity index (χ3n) is 2.26. The number of nitrogens with zero attached hydrogens (tertiary/aromatic N) is 1. The maximum absolute atomic E-state index is 11.2. The Morgan fingerprint density at radius 3 is 2.55 bits per heavy atom. The van der Waals surface area contributed by atoms with Crippen LogP contribution in [0.3, 0.4) is 0 Å². The molecule has 0 radical (unpaired) electrons. The molecule has 3 nitrogen and oxygen atoms in total. The molecule has 0 aromatic heterocycles. The van der Waals surface area contributed by atoms with Crippen molar-refractivity contribution in [2.45, 2.75) is 25.8 Å². The molecule has 0 unspecified atom stereocenters. The number of urea groups is 1. The van der Waals surface area contributed by atoms with Crippen LogP contribution in [0, 0.1) is 5.92 Å². The number of likely N-dealkylation sites (tertiary alicyclic amines) is 1. The summed E-state index contributed by atoms with van der Waals surface area (Å²) in [7, 11) is 0. The van der Waals surface area contributed by atoms with Crippen LogP contribution in [0.1, 0.15) is 19.8 Å². The fourth-order valence-corrected chi connectivity index (χ4v) is 1.36. The average molecular weight is 154 g/mol. The van der Waals surface area contributed by atoms with Gasteiger partial charge in [0.25, 0.3) is 0 Å². The Bertz CT molecular complexity index is 171. The molecule has 3 heteroatoms. The van der Waals surface area contributed by atoms with Crippen LogP contribution in [-0.2, 0) is 0 Å². The molecule has 11 heavy (non-hydrogen) atoms. The van der Waals surface area contributed by atoms with Crippen LogP contribution in [0.15, 0.2) is 0 Å². The van der Waals surface area contributed by atoms with Crippen molar-refractivity contribution in [3.05, 3.63) is 0 Å². The Kier molecular flexibility index (Phi) is 1.51. The van der Waals surface area contributed by atoms with Crippen molar-refractivity contribution in [2.24, 2.45) is 5.92 Å². The fourth-order valence-electron chi connectivity index (χ4n) is 1.36. The van der Waals surface area contributed by atoms with Crippen molar-refractivity contribution in [1.82, 2.24) is 10.2 Å². The fraction of sp³-hybridized carbons (Fsp3) is 0.875. The number of amides is 2. The van der Waals surface area contributed by atoms with E-state index in [4.69, 9.17) is 0 Å². The zero-order valence-electron chi connectivity index (χ0n) is 6.84. The molecule has 1 aliphatic heterocycles. The van der Waals surface area contributed by atoms with E-state index < -0.39 is 0 Å². The topological polar surface area (TPSA) is 32.3 Å². The van der Waals surface area contributed by atoms with E-state index in [1.807, 2.05) is 4.90 Å². The second-order valence-corrected chi connectivity index (χ2v) is 3.73. The summed E-state index contributed by atoms with van der Waals surface area (Å²) in [6.07, 6.45) is 2.35. The lowest BCUT2D eigenvalue weighted by Crippen LogP contribution is -2.53. The highest BCUT2D eigenvalue weighted by molar-refractivity contribution is 5.75. The van der Waals surface area contributed by atoms with Crippen LogP contribution in [-0.4, -0.2) is 30.1 Å². The number of nitrogens with one attached hydrogen (secondary N) is 1. The van der Waals surface area contributed by atoms with Crippen molar-refractivity contribution in [2.75, 3.05) is 13.1 Å². The molecular weight excluding hydrogens is 140 g/mol. The summed E-state index contributed by atoms with van der Waals surface area (Å²) in [6, 6.07) is 0.643.